The van der Waals surface area contributed by atoms with Crippen LogP contribution in [-0.4, -0.2) is 19.5 Å². The molecule has 110 valence electrons. The molecule has 0 radical (unpaired) electrons. The summed E-state index contributed by atoms with van der Waals surface area (Å²) < 4.78 is 17.4. The first-order valence-corrected chi connectivity index (χ1v) is 8.92. The van der Waals surface area contributed by atoms with E-state index in [0.717, 1.165) is 4.21 Å². The second-order valence-corrected chi connectivity index (χ2v) is 9.78. The van der Waals surface area contributed by atoms with Crippen LogP contribution in [0.2, 0.25) is 0 Å². The molecule has 0 saturated carbocycles. The number of aromatic nitrogens is 1. The standard InChI is InChI=1S/C11H15N2O4PS2/c1-11(2,3)20-9-7(13-10(12)19-9)8-6(4-5-17-8)18(14,15)16/h4-5H,1-3H3,(H2,12,13)(H2,14,15,16). The highest BCUT2D eigenvalue weighted by molar-refractivity contribution is 8.02. The highest BCUT2D eigenvalue weighted by atomic mass is 32.2. The smallest absolute Gasteiger partial charge is 0.360 e. The van der Waals surface area contributed by atoms with Gasteiger partial charge in [0, 0.05) is 4.75 Å². The Labute approximate surface area is 124 Å². The Morgan fingerprint density at radius 1 is 1.45 bits per heavy atom. The maximum atomic E-state index is 11.5. The number of rotatable bonds is 3. The van der Waals surface area contributed by atoms with Gasteiger partial charge in [-0.2, -0.15) is 0 Å². The van der Waals surface area contributed by atoms with Gasteiger partial charge < -0.3 is 19.9 Å². The molecule has 0 atom stereocenters. The van der Waals surface area contributed by atoms with Crippen molar-refractivity contribution in [1.82, 2.24) is 4.98 Å². The highest BCUT2D eigenvalue weighted by Gasteiger charge is 2.29. The molecule has 6 nitrogen and oxygen atoms in total. The van der Waals surface area contributed by atoms with Crippen molar-refractivity contribution in [3.8, 4) is 11.5 Å². The van der Waals surface area contributed by atoms with Gasteiger partial charge >= 0.3 is 7.60 Å². The molecule has 2 rings (SSSR count). The second kappa shape index (κ2) is 5.20. The minimum atomic E-state index is -4.41. The maximum Gasteiger partial charge on any atom is 0.360 e. The van der Waals surface area contributed by atoms with E-state index >= 15 is 0 Å². The van der Waals surface area contributed by atoms with Crippen LogP contribution in [0.3, 0.4) is 0 Å². The van der Waals surface area contributed by atoms with Gasteiger partial charge in [0.05, 0.1) is 10.5 Å². The monoisotopic (exact) mass is 334 g/mol. The number of thiazole rings is 1. The summed E-state index contributed by atoms with van der Waals surface area (Å²) in [6.07, 6.45) is 1.24. The number of nitrogen functional groups attached to an aromatic ring is 1. The molecular weight excluding hydrogens is 319 g/mol. The lowest BCUT2D eigenvalue weighted by atomic mass is 10.3. The Balaban J connectivity index is 2.54. The van der Waals surface area contributed by atoms with Crippen molar-refractivity contribution >= 4 is 41.1 Å². The van der Waals surface area contributed by atoms with Crippen molar-refractivity contribution in [2.75, 3.05) is 5.73 Å². The molecule has 0 aliphatic rings. The van der Waals surface area contributed by atoms with E-state index < -0.39 is 7.60 Å². The third kappa shape index (κ3) is 3.45. The second-order valence-electron chi connectivity index (χ2n) is 5.08. The summed E-state index contributed by atoms with van der Waals surface area (Å²) in [6, 6.07) is 1.26. The lowest BCUT2D eigenvalue weighted by molar-refractivity contribution is 0.387. The average Bonchev–Trinajstić information content (AvgIpc) is 2.80. The summed E-state index contributed by atoms with van der Waals surface area (Å²) in [5.74, 6) is 0.0815. The number of thioether (sulfide) groups is 1. The molecule has 20 heavy (non-hydrogen) atoms. The predicted molar refractivity (Wildman–Crippen MR) is 81.5 cm³/mol. The molecule has 4 N–H and O–H groups in total. The van der Waals surface area contributed by atoms with E-state index in [4.69, 9.17) is 10.2 Å². The van der Waals surface area contributed by atoms with E-state index in [-0.39, 0.29) is 15.8 Å². The van der Waals surface area contributed by atoms with E-state index in [1.165, 1.54) is 35.4 Å². The number of nitrogens with two attached hydrogens (primary N) is 1. The van der Waals surface area contributed by atoms with Crippen LogP contribution in [0.15, 0.2) is 21.0 Å². The molecule has 0 aromatic carbocycles. The molecule has 0 unspecified atom stereocenters. The Kier molecular flexibility index (Phi) is 4.05. The van der Waals surface area contributed by atoms with Crippen molar-refractivity contribution in [2.24, 2.45) is 0 Å². The Morgan fingerprint density at radius 2 is 2.10 bits per heavy atom. The molecule has 0 amide bonds. The van der Waals surface area contributed by atoms with Crippen LogP contribution in [0, 0.1) is 0 Å². The van der Waals surface area contributed by atoms with Crippen molar-refractivity contribution in [3.05, 3.63) is 12.3 Å². The van der Waals surface area contributed by atoms with Crippen LogP contribution in [-0.2, 0) is 4.57 Å². The first-order valence-electron chi connectivity index (χ1n) is 5.67. The summed E-state index contributed by atoms with van der Waals surface area (Å²) in [6.45, 7) is 6.09. The fourth-order valence-corrected chi connectivity index (χ4v) is 4.73. The Hall–Kier alpha value is -0.790. The SMILES string of the molecule is CC(C)(C)Sc1sc(N)nc1-c1occc1P(=O)(O)O. The van der Waals surface area contributed by atoms with Crippen LogP contribution in [0.25, 0.3) is 11.5 Å². The van der Waals surface area contributed by atoms with Crippen LogP contribution in [0.1, 0.15) is 20.8 Å². The van der Waals surface area contributed by atoms with Gasteiger partial charge in [-0.25, -0.2) is 4.98 Å². The zero-order valence-electron chi connectivity index (χ0n) is 11.2. The van der Waals surface area contributed by atoms with Gasteiger partial charge in [0.25, 0.3) is 0 Å². The summed E-state index contributed by atoms with van der Waals surface area (Å²) in [5.41, 5.74) is 6.11. The van der Waals surface area contributed by atoms with Gasteiger partial charge in [0.1, 0.15) is 11.0 Å². The van der Waals surface area contributed by atoms with E-state index in [1.54, 1.807) is 0 Å². The zero-order chi connectivity index (χ0) is 15.1. The van der Waals surface area contributed by atoms with Gasteiger partial charge in [0.2, 0.25) is 0 Å². The van der Waals surface area contributed by atoms with E-state index in [2.05, 4.69) is 4.98 Å². The van der Waals surface area contributed by atoms with Gasteiger partial charge in [-0.05, 0) is 6.07 Å². The topological polar surface area (TPSA) is 110 Å². The summed E-state index contributed by atoms with van der Waals surface area (Å²) in [7, 11) is -4.41. The molecule has 2 aromatic rings. The minimum absolute atomic E-state index is 0.0807. The zero-order valence-corrected chi connectivity index (χ0v) is 13.7. The van der Waals surface area contributed by atoms with Gasteiger partial charge in [-0.15, -0.1) is 11.8 Å². The van der Waals surface area contributed by atoms with Gasteiger partial charge in [-0.1, -0.05) is 32.1 Å². The summed E-state index contributed by atoms with van der Waals surface area (Å²) in [4.78, 5) is 22.8. The quantitative estimate of drug-likeness (QED) is 0.584. The molecule has 0 fully saturated rings. The van der Waals surface area contributed by atoms with E-state index in [0.29, 0.717) is 10.8 Å². The molecule has 2 heterocycles. The van der Waals surface area contributed by atoms with Crippen LogP contribution in [0.5, 0.6) is 0 Å². The van der Waals surface area contributed by atoms with E-state index in [9.17, 15) is 14.4 Å². The third-order valence-corrected chi connectivity index (χ3v) is 5.33. The van der Waals surface area contributed by atoms with E-state index in [1.807, 2.05) is 20.8 Å². The molecule has 0 aliphatic carbocycles. The molecule has 2 aromatic heterocycles. The lowest BCUT2D eigenvalue weighted by Gasteiger charge is -2.16. The lowest BCUT2D eigenvalue weighted by Crippen LogP contribution is -2.07. The molecule has 0 spiro atoms. The number of furan rings is 1. The molecule has 0 aliphatic heterocycles. The van der Waals surface area contributed by atoms with Gasteiger partial charge in [-0.3, -0.25) is 4.57 Å². The molecule has 9 heteroatoms. The first kappa shape index (κ1) is 15.6. The Bertz CT molecular complexity index is 668. The Morgan fingerprint density at radius 3 is 2.65 bits per heavy atom. The number of hydrogen-bond donors (Lipinski definition) is 3. The van der Waals surface area contributed by atoms with Gasteiger partial charge in [0.15, 0.2) is 10.9 Å². The normalized spacial score (nSPS) is 12.8. The highest BCUT2D eigenvalue weighted by Crippen LogP contribution is 2.45. The predicted octanol–water partition coefficient (Wildman–Crippen LogP) is 2.68. The maximum absolute atomic E-state index is 11.5. The summed E-state index contributed by atoms with van der Waals surface area (Å²) in [5, 5.41) is 0.165. The number of nitrogens with zero attached hydrogens (tertiary/aromatic N) is 1. The van der Waals surface area contributed by atoms with Crippen LogP contribution in [0.4, 0.5) is 5.13 Å². The number of anilines is 1. The van der Waals surface area contributed by atoms with Crippen LogP contribution >= 0.6 is 30.7 Å². The van der Waals surface area contributed by atoms with Crippen LogP contribution < -0.4 is 11.0 Å². The fraction of sp³-hybridized carbons (Fsp3) is 0.364. The minimum Gasteiger partial charge on any atom is -0.462 e. The molecule has 0 saturated heterocycles. The van der Waals surface area contributed by atoms with Crippen molar-refractivity contribution in [2.45, 2.75) is 29.7 Å². The third-order valence-electron chi connectivity index (χ3n) is 2.18. The summed E-state index contributed by atoms with van der Waals surface area (Å²) >= 11 is 2.80. The number of hydrogen-bond acceptors (Lipinski definition) is 6. The van der Waals surface area contributed by atoms with Crippen molar-refractivity contribution < 1.29 is 18.8 Å². The molecular formula is C11H15N2O4PS2. The molecule has 0 bridgehead atoms. The van der Waals surface area contributed by atoms with Crippen molar-refractivity contribution in [1.29, 1.82) is 0 Å². The van der Waals surface area contributed by atoms with Crippen molar-refractivity contribution in [3.63, 3.8) is 0 Å². The largest absolute Gasteiger partial charge is 0.462 e. The first-order chi connectivity index (χ1) is 9.08. The fourth-order valence-electron chi connectivity index (χ4n) is 1.52. The average molecular weight is 334 g/mol.